The minimum atomic E-state index is -0.906. The molecule has 1 N–H and O–H groups in total. The van der Waals surface area contributed by atoms with Gasteiger partial charge in [0.2, 0.25) is 0 Å². The lowest BCUT2D eigenvalue weighted by atomic mass is 10.1. The van der Waals surface area contributed by atoms with Crippen molar-refractivity contribution in [3.8, 4) is 0 Å². The molecule has 1 fully saturated rings. The van der Waals surface area contributed by atoms with Gasteiger partial charge in [-0.1, -0.05) is 0 Å². The number of carbonyl (C=O) groups excluding carboxylic acids is 1. The van der Waals surface area contributed by atoms with Crippen LogP contribution in [0.4, 0.5) is 0 Å². The van der Waals surface area contributed by atoms with Crippen molar-refractivity contribution in [3.05, 3.63) is 0 Å². The highest BCUT2D eigenvalue weighted by Crippen LogP contribution is 2.17. The van der Waals surface area contributed by atoms with E-state index in [2.05, 4.69) is 4.74 Å². The Labute approximate surface area is 47.3 Å². The van der Waals surface area contributed by atoms with E-state index in [1.54, 1.807) is 6.92 Å². The fourth-order valence-corrected chi connectivity index (χ4v) is 0.649. The fraction of sp³-hybridized carbons (Fsp3) is 0.800. The standard InChI is InChI=1S/C5H8O3/c1-5(7)2-4(6)8-3-5/h7H,2-3H2,1H3/t5-/m0/s1. The third kappa shape index (κ3) is 0.980. The van der Waals surface area contributed by atoms with E-state index >= 15 is 0 Å². The molecule has 3 heteroatoms. The molecule has 0 unspecified atom stereocenters. The number of hydrogen-bond acceptors (Lipinski definition) is 3. The summed E-state index contributed by atoms with van der Waals surface area (Å²) in [4.78, 5) is 10.3. The second-order valence-electron chi connectivity index (χ2n) is 2.33. The van der Waals surface area contributed by atoms with Crippen LogP contribution in [0.1, 0.15) is 13.3 Å². The van der Waals surface area contributed by atoms with E-state index in [1.165, 1.54) is 0 Å². The zero-order valence-corrected chi connectivity index (χ0v) is 4.68. The molecule has 1 heterocycles. The van der Waals surface area contributed by atoms with Crippen molar-refractivity contribution in [2.24, 2.45) is 0 Å². The van der Waals surface area contributed by atoms with Gasteiger partial charge < -0.3 is 9.84 Å². The van der Waals surface area contributed by atoms with E-state index in [1.807, 2.05) is 0 Å². The summed E-state index contributed by atoms with van der Waals surface area (Å²) >= 11 is 0. The molecule has 8 heavy (non-hydrogen) atoms. The molecule has 0 amide bonds. The van der Waals surface area contributed by atoms with Crippen LogP contribution in [0.2, 0.25) is 0 Å². The van der Waals surface area contributed by atoms with Gasteiger partial charge in [0.05, 0.1) is 6.42 Å². The van der Waals surface area contributed by atoms with Gasteiger partial charge >= 0.3 is 5.97 Å². The molecular formula is C5H8O3. The summed E-state index contributed by atoms with van der Waals surface area (Å²) in [6, 6.07) is 0. The minimum Gasteiger partial charge on any atom is -0.463 e. The molecule has 0 radical (unpaired) electrons. The molecule has 0 saturated carbocycles. The Hall–Kier alpha value is -0.570. The molecule has 1 saturated heterocycles. The van der Waals surface area contributed by atoms with Gasteiger partial charge in [-0.25, -0.2) is 0 Å². The third-order valence-electron chi connectivity index (χ3n) is 1.07. The molecule has 0 aromatic rings. The average Bonchev–Trinajstić information content (AvgIpc) is 1.82. The quantitative estimate of drug-likeness (QED) is 0.441. The molecule has 0 aromatic carbocycles. The van der Waals surface area contributed by atoms with Crippen molar-refractivity contribution >= 4 is 5.97 Å². The van der Waals surface area contributed by atoms with Gasteiger partial charge in [0.1, 0.15) is 12.2 Å². The van der Waals surface area contributed by atoms with Crippen molar-refractivity contribution in [2.45, 2.75) is 18.9 Å². The summed E-state index contributed by atoms with van der Waals surface area (Å²) in [6.07, 6.45) is 0.132. The maximum atomic E-state index is 10.3. The van der Waals surface area contributed by atoms with Crippen LogP contribution in [-0.2, 0) is 9.53 Å². The highest BCUT2D eigenvalue weighted by Gasteiger charge is 2.33. The summed E-state index contributed by atoms with van der Waals surface area (Å²) in [6.45, 7) is 1.73. The van der Waals surface area contributed by atoms with Gasteiger partial charge in [-0.05, 0) is 6.92 Å². The predicted octanol–water partition coefficient (Wildman–Crippen LogP) is -0.316. The number of cyclic esters (lactones) is 1. The molecule has 1 aliphatic rings. The van der Waals surface area contributed by atoms with E-state index in [-0.39, 0.29) is 19.0 Å². The van der Waals surface area contributed by atoms with E-state index in [0.29, 0.717) is 0 Å². The van der Waals surface area contributed by atoms with Crippen molar-refractivity contribution in [1.29, 1.82) is 0 Å². The van der Waals surface area contributed by atoms with E-state index in [4.69, 9.17) is 5.11 Å². The lowest BCUT2D eigenvalue weighted by molar-refractivity contribution is -0.137. The van der Waals surface area contributed by atoms with Crippen LogP contribution in [0.3, 0.4) is 0 Å². The molecule has 0 bridgehead atoms. The van der Waals surface area contributed by atoms with Gasteiger partial charge in [0, 0.05) is 0 Å². The molecule has 3 nitrogen and oxygen atoms in total. The van der Waals surface area contributed by atoms with Gasteiger partial charge in [0.15, 0.2) is 0 Å². The summed E-state index contributed by atoms with van der Waals surface area (Å²) in [5.74, 6) is -0.310. The number of hydrogen-bond donors (Lipinski definition) is 1. The van der Waals surface area contributed by atoms with E-state index in [9.17, 15) is 4.79 Å². The Morgan fingerprint density at radius 1 is 1.88 bits per heavy atom. The first-order valence-electron chi connectivity index (χ1n) is 2.48. The summed E-state index contributed by atoms with van der Waals surface area (Å²) in [5, 5.41) is 9.02. The summed E-state index contributed by atoms with van der Waals surface area (Å²) in [7, 11) is 0. The van der Waals surface area contributed by atoms with Crippen molar-refractivity contribution in [1.82, 2.24) is 0 Å². The summed E-state index contributed by atoms with van der Waals surface area (Å²) in [5.41, 5.74) is -0.906. The minimum absolute atomic E-state index is 0.132. The Morgan fingerprint density at radius 3 is 2.62 bits per heavy atom. The SMILES string of the molecule is C[C@@]1(O)COC(=O)C1. The van der Waals surface area contributed by atoms with E-state index in [0.717, 1.165) is 0 Å². The van der Waals surface area contributed by atoms with Crippen molar-refractivity contribution in [2.75, 3.05) is 6.61 Å². The molecule has 1 rings (SSSR count). The normalized spacial score (nSPS) is 37.5. The maximum absolute atomic E-state index is 10.3. The molecule has 0 aromatic heterocycles. The smallest absolute Gasteiger partial charge is 0.308 e. The number of esters is 1. The lowest BCUT2D eigenvalue weighted by Crippen LogP contribution is -2.23. The summed E-state index contributed by atoms with van der Waals surface area (Å²) < 4.78 is 4.48. The number of aliphatic hydroxyl groups is 1. The second kappa shape index (κ2) is 1.45. The number of rotatable bonds is 0. The third-order valence-corrected chi connectivity index (χ3v) is 1.07. The average molecular weight is 116 g/mol. The topological polar surface area (TPSA) is 46.5 Å². The first-order chi connectivity index (χ1) is 3.60. The maximum Gasteiger partial charge on any atom is 0.308 e. The first-order valence-corrected chi connectivity index (χ1v) is 2.48. The van der Waals surface area contributed by atoms with Gasteiger partial charge in [-0.3, -0.25) is 4.79 Å². The van der Waals surface area contributed by atoms with Crippen LogP contribution in [0.15, 0.2) is 0 Å². The molecule has 46 valence electrons. The van der Waals surface area contributed by atoms with Crippen LogP contribution in [0, 0.1) is 0 Å². The zero-order valence-electron chi connectivity index (χ0n) is 4.68. The van der Waals surface area contributed by atoms with Crippen LogP contribution < -0.4 is 0 Å². The van der Waals surface area contributed by atoms with Crippen LogP contribution in [0.5, 0.6) is 0 Å². The van der Waals surface area contributed by atoms with Crippen LogP contribution in [-0.4, -0.2) is 23.3 Å². The molecule has 1 atom stereocenters. The first kappa shape index (κ1) is 5.56. The monoisotopic (exact) mass is 116 g/mol. The Bertz CT molecular complexity index is 117. The Morgan fingerprint density at radius 2 is 2.50 bits per heavy atom. The predicted molar refractivity (Wildman–Crippen MR) is 26.2 cm³/mol. The molecular weight excluding hydrogens is 108 g/mol. The second-order valence-corrected chi connectivity index (χ2v) is 2.33. The van der Waals surface area contributed by atoms with Crippen molar-refractivity contribution in [3.63, 3.8) is 0 Å². The van der Waals surface area contributed by atoms with E-state index < -0.39 is 5.60 Å². The zero-order chi connectivity index (χ0) is 6.20. The highest BCUT2D eigenvalue weighted by atomic mass is 16.6. The largest absolute Gasteiger partial charge is 0.463 e. The molecule has 0 aliphatic carbocycles. The fourth-order valence-electron chi connectivity index (χ4n) is 0.649. The highest BCUT2D eigenvalue weighted by molar-refractivity contribution is 5.72. The molecule has 1 aliphatic heterocycles. The van der Waals surface area contributed by atoms with Crippen LogP contribution in [0.25, 0.3) is 0 Å². The van der Waals surface area contributed by atoms with Crippen LogP contribution >= 0.6 is 0 Å². The van der Waals surface area contributed by atoms with Gasteiger partial charge in [-0.2, -0.15) is 0 Å². The Balaban J connectivity index is 2.56. The Kier molecular flexibility index (Phi) is 1.01. The van der Waals surface area contributed by atoms with Crippen molar-refractivity contribution < 1.29 is 14.6 Å². The lowest BCUT2D eigenvalue weighted by Gasteiger charge is -2.08. The van der Waals surface area contributed by atoms with Gasteiger partial charge in [-0.15, -0.1) is 0 Å². The number of carbonyl (C=O) groups is 1. The van der Waals surface area contributed by atoms with Gasteiger partial charge in [0.25, 0.3) is 0 Å². The number of ether oxygens (including phenoxy) is 1. The molecule has 0 spiro atoms.